The largest absolute Gasteiger partial charge is 0.497 e. The summed E-state index contributed by atoms with van der Waals surface area (Å²) in [4.78, 5) is 11.5. The van der Waals surface area contributed by atoms with Gasteiger partial charge in [0.05, 0.1) is 14.2 Å². The Bertz CT molecular complexity index is 838. The number of ether oxygens (including phenoxy) is 2. The Morgan fingerprint density at radius 3 is 2.28 bits per heavy atom. The molecule has 0 spiro atoms. The maximum atomic E-state index is 13.2. The van der Waals surface area contributed by atoms with Crippen molar-refractivity contribution >= 4 is 17.5 Å². The van der Waals surface area contributed by atoms with Crippen LogP contribution in [-0.4, -0.2) is 57.4 Å². The van der Waals surface area contributed by atoms with Crippen LogP contribution in [0, 0.1) is 0 Å². The molecule has 1 fully saturated rings. The lowest BCUT2D eigenvalue weighted by Gasteiger charge is -2.21. The molecule has 1 unspecified atom stereocenters. The number of halogens is 3. The zero-order valence-corrected chi connectivity index (χ0v) is 16.7. The zero-order chi connectivity index (χ0) is 21.2. The molecule has 1 atom stereocenters. The van der Waals surface area contributed by atoms with E-state index < -0.39 is 11.9 Å². The third kappa shape index (κ3) is 4.93. The van der Waals surface area contributed by atoms with Crippen molar-refractivity contribution in [3.05, 3.63) is 30.0 Å². The van der Waals surface area contributed by atoms with Gasteiger partial charge in [-0.3, -0.25) is 0 Å². The van der Waals surface area contributed by atoms with Crippen LogP contribution in [0.1, 0.15) is 12.1 Å². The standard InChI is InChI=1S/C19H24F3N5O2/c1-26(2)17-10-16(19(20,21)22)24-18(25-17)23-12-5-6-27(11-12)13-7-14(28-3)9-15(8-13)29-4/h7-10,12H,5-6,11H2,1-4H3,(H,23,24,25). The second kappa shape index (κ2) is 8.22. The van der Waals surface area contributed by atoms with E-state index in [4.69, 9.17) is 9.47 Å². The van der Waals surface area contributed by atoms with Gasteiger partial charge in [-0.1, -0.05) is 0 Å². The van der Waals surface area contributed by atoms with Gasteiger partial charge in [0.25, 0.3) is 0 Å². The molecule has 0 radical (unpaired) electrons. The molecule has 1 aliphatic heterocycles. The third-order valence-electron chi connectivity index (χ3n) is 4.68. The number of nitrogens with zero attached hydrogens (tertiary/aromatic N) is 4. The summed E-state index contributed by atoms with van der Waals surface area (Å²) in [5.74, 6) is 1.51. The van der Waals surface area contributed by atoms with Crippen molar-refractivity contribution in [2.75, 3.05) is 56.5 Å². The van der Waals surface area contributed by atoms with Crippen LogP contribution < -0.4 is 24.6 Å². The van der Waals surface area contributed by atoms with Crippen LogP contribution >= 0.6 is 0 Å². The van der Waals surface area contributed by atoms with Crippen LogP contribution in [0.15, 0.2) is 24.3 Å². The summed E-state index contributed by atoms with van der Waals surface area (Å²) in [5.41, 5.74) is -0.0458. The molecule has 29 heavy (non-hydrogen) atoms. The van der Waals surface area contributed by atoms with Gasteiger partial charge in [0.2, 0.25) is 5.95 Å². The van der Waals surface area contributed by atoms with Gasteiger partial charge in [-0.2, -0.15) is 18.2 Å². The lowest BCUT2D eigenvalue weighted by Crippen LogP contribution is -2.27. The minimum absolute atomic E-state index is 0.0291. The molecule has 0 saturated carbocycles. The summed E-state index contributed by atoms with van der Waals surface area (Å²) in [7, 11) is 6.44. The van der Waals surface area contributed by atoms with E-state index in [1.165, 1.54) is 4.90 Å². The molecular formula is C19H24F3N5O2. The lowest BCUT2D eigenvalue weighted by atomic mass is 10.2. The number of hydrogen-bond donors (Lipinski definition) is 1. The number of alkyl halides is 3. The Hall–Kier alpha value is -2.91. The summed E-state index contributed by atoms with van der Waals surface area (Å²) in [6.45, 7) is 1.32. The van der Waals surface area contributed by atoms with Crippen LogP contribution in [0.4, 0.5) is 30.6 Å². The predicted molar refractivity (Wildman–Crippen MR) is 105 cm³/mol. The number of methoxy groups -OCH3 is 2. The van der Waals surface area contributed by atoms with Crippen molar-refractivity contribution in [1.29, 1.82) is 0 Å². The van der Waals surface area contributed by atoms with Gasteiger partial charge in [0, 0.05) is 63.2 Å². The van der Waals surface area contributed by atoms with Crippen LogP contribution in [-0.2, 0) is 6.18 Å². The fourth-order valence-electron chi connectivity index (χ4n) is 3.14. The van der Waals surface area contributed by atoms with Gasteiger partial charge < -0.3 is 24.6 Å². The maximum absolute atomic E-state index is 13.2. The first-order valence-electron chi connectivity index (χ1n) is 9.07. The van der Waals surface area contributed by atoms with E-state index in [-0.39, 0.29) is 17.8 Å². The summed E-state index contributed by atoms with van der Waals surface area (Å²) < 4.78 is 50.2. The van der Waals surface area contributed by atoms with Crippen molar-refractivity contribution < 1.29 is 22.6 Å². The van der Waals surface area contributed by atoms with Crippen LogP contribution in [0.5, 0.6) is 11.5 Å². The first-order chi connectivity index (χ1) is 13.7. The maximum Gasteiger partial charge on any atom is 0.433 e. The zero-order valence-electron chi connectivity index (χ0n) is 16.7. The van der Waals surface area contributed by atoms with Gasteiger partial charge in [0.1, 0.15) is 17.3 Å². The van der Waals surface area contributed by atoms with Crippen molar-refractivity contribution in [1.82, 2.24) is 9.97 Å². The highest BCUT2D eigenvalue weighted by Crippen LogP contribution is 2.32. The monoisotopic (exact) mass is 411 g/mol. The van der Waals surface area contributed by atoms with E-state index >= 15 is 0 Å². The van der Waals surface area contributed by atoms with Crippen molar-refractivity contribution in [3.63, 3.8) is 0 Å². The predicted octanol–water partition coefficient (Wildman–Crippen LogP) is 3.27. The Morgan fingerprint density at radius 2 is 1.72 bits per heavy atom. The first kappa shape index (κ1) is 20.8. The number of nitrogens with one attached hydrogen (secondary N) is 1. The summed E-state index contributed by atoms with van der Waals surface area (Å²) in [5, 5.41) is 3.05. The molecule has 7 nitrogen and oxygen atoms in total. The van der Waals surface area contributed by atoms with E-state index in [9.17, 15) is 13.2 Å². The molecule has 2 aromatic rings. The van der Waals surface area contributed by atoms with E-state index in [2.05, 4.69) is 20.2 Å². The molecule has 1 N–H and O–H groups in total. The van der Waals surface area contributed by atoms with Crippen molar-refractivity contribution in [3.8, 4) is 11.5 Å². The highest BCUT2D eigenvalue weighted by molar-refractivity contribution is 5.57. The number of hydrogen-bond acceptors (Lipinski definition) is 7. The molecule has 0 aliphatic carbocycles. The van der Waals surface area contributed by atoms with E-state index in [1.54, 1.807) is 34.4 Å². The van der Waals surface area contributed by atoms with Gasteiger partial charge >= 0.3 is 6.18 Å². The SMILES string of the molecule is COc1cc(OC)cc(N2CCC(Nc3nc(N(C)C)cc(C(F)(F)F)n3)C2)c1. The molecule has 158 valence electrons. The van der Waals surface area contributed by atoms with Crippen LogP contribution in [0.25, 0.3) is 0 Å². The second-order valence-corrected chi connectivity index (χ2v) is 6.97. The molecule has 0 amide bonds. The average Bonchev–Trinajstić information content (AvgIpc) is 3.15. The fraction of sp³-hybridized carbons (Fsp3) is 0.474. The van der Waals surface area contributed by atoms with Gasteiger partial charge in [0.15, 0.2) is 5.69 Å². The molecule has 2 heterocycles. The lowest BCUT2D eigenvalue weighted by molar-refractivity contribution is -0.141. The van der Waals surface area contributed by atoms with Crippen LogP contribution in [0.3, 0.4) is 0 Å². The second-order valence-electron chi connectivity index (χ2n) is 6.97. The molecule has 3 rings (SSSR count). The number of aromatic nitrogens is 2. The summed E-state index contributed by atoms with van der Waals surface area (Å²) >= 11 is 0. The molecular weight excluding hydrogens is 387 g/mol. The van der Waals surface area contributed by atoms with Crippen molar-refractivity contribution in [2.45, 2.75) is 18.6 Å². The van der Waals surface area contributed by atoms with E-state index in [0.717, 1.165) is 24.7 Å². The number of anilines is 3. The molecule has 0 bridgehead atoms. The average molecular weight is 411 g/mol. The molecule has 1 aromatic heterocycles. The Labute approximate surface area is 167 Å². The number of rotatable bonds is 6. The molecule has 1 saturated heterocycles. The fourth-order valence-corrected chi connectivity index (χ4v) is 3.14. The topological polar surface area (TPSA) is 62.8 Å². The van der Waals surface area contributed by atoms with Gasteiger partial charge in [-0.15, -0.1) is 0 Å². The minimum Gasteiger partial charge on any atom is -0.497 e. The molecule has 1 aromatic carbocycles. The number of benzene rings is 1. The van der Waals surface area contributed by atoms with Crippen LogP contribution in [0.2, 0.25) is 0 Å². The molecule has 1 aliphatic rings. The Morgan fingerprint density at radius 1 is 1.07 bits per heavy atom. The summed E-state index contributed by atoms with van der Waals surface area (Å²) in [6, 6.07) is 6.43. The Kier molecular flexibility index (Phi) is 5.90. The minimum atomic E-state index is -4.54. The Balaban J connectivity index is 1.77. The van der Waals surface area contributed by atoms with E-state index in [0.29, 0.717) is 18.0 Å². The van der Waals surface area contributed by atoms with Gasteiger partial charge in [-0.05, 0) is 6.42 Å². The normalized spacial score (nSPS) is 16.7. The van der Waals surface area contributed by atoms with E-state index in [1.807, 2.05) is 12.1 Å². The smallest absolute Gasteiger partial charge is 0.433 e. The quantitative estimate of drug-likeness (QED) is 0.783. The summed E-state index contributed by atoms with van der Waals surface area (Å²) in [6.07, 6.45) is -3.81. The third-order valence-corrected chi connectivity index (χ3v) is 4.68. The highest BCUT2D eigenvalue weighted by Gasteiger charge is 2.34. The highest BCUT2D eigenvalue weighted by atomic mass is 19.4. The van der Waals surface area contributed by atoms with Gasteiger partial charge in [-0.25, -0.2) is 4.98 Å². The van der Waals surface area contributed by atoms with Crippen molar-refractivity contribution in [2.24, 2.45) is 0 Å². The molecule has 10 heteroatoms. The first-order valence-corrected chi connectivity index (χ1v) is 9.07.